The first kappa shape index (κ1) is 27.9. The third-order valence-corrected chi connectivity index (χ3v) is 7.74. The highest BCUT2D eigenvalue weighted by Gasteiger charge is 2.32. The van der Waals surface area contributed by atoms with Crippen molar-refractivity contribution in [3.05, 3.63) is 35.9 Å². The molecule has 2 saturated heterocycles. The summed E-state index contributed by atoms with van der Waals surface area (Å²) < 4.78 is 10.8. The molecule has 3 heterocycles. The number of hydrogen-bond acceptors (Lipinski definition) is 8. The molecule has 2 fully saturated rings. The van der Waals surface area contributed by atoms with Crippen molar-refractivity contribution in [2.24, 2.45) is 11.8 Å². The quantitative estimate of drug-likeness (QED) is 0.418. The molecular formula is C28H41N5O5. The van der Waals surface area contributed by atoms with Crippen LogP contribution in [0.2, 0.25) is 0 Å². The van der Waals surface area contributed by atoms with Crippen LogP contribution in [0.15, 0.2) is 30.4 Å². The molecule has 0 aromatic heterocycles. The zero-order valence-corrected chi connectivity index (χ0v) is 22.6. The third kappa shape index (κ3) is 7.48. The van der Waals surface area contributed by atoms with Gasteiger partial charge in [0.15, 0.2) is 0 Å². The van der Waals surface area contributed by atoms with Gasteiger partial charge in [-0.05, 0) is 36.5 Å². The fraction of sp³-hybridized carbons (Fsp3) is 0.607. The number of nitrogens with one attached hydrogen (secondary N) is 2. The van der Waals surface area contributed by atoms with E-state index in [-0.39, 0.29) is 42.6 Å². The van der Waals surface area contributed by atoms with E-state index in [1.807, 2.05) is 17.0 Å². The maximum Gasteiger partial charge on any atom is 0.307 e. The summed E-state index contributed by atoms with van der Waals surface area (Å²) in [5.41, 5.74) is 2.21. The second kappa shape index (κ2) is 13.6. The Morgan fingerprint density at radius 2 is 1.95 bits per heavy atom. The normalized spacial score (nSPS) is 23.2. The molecular weight excluding hydrogens is 486 g/mol. The lowest BCUT2D eigenvalue weighted by molar-refractivity contribution is -0.141. The number of methoxy groups -OCH3 is 1. The molecule has 0 spiro atoms. The summed E-state index contributed by atoms with van der Waals surface area (Å²) in [5, 5.41) is 6.71. The van der Waals surface area contributed by atoms with E-state index in [0.29, 0.717) is 39.2 Å². The Balaban J connectivity index is 1.43. The minimum atomic E-state index is -0.329. The molecule has 0 saturated carbocycles. The van der Waals surface area contributed by atoms with Crippen LogP contribution in [0.4, 0.5) is 5.69 Å². The predicted octanol–water partition coefficient (Wildman–Crippen LogP) is 1.01. The van der Waals surface area contributed by atoms with Gasteiger partial charge in [-0.3, -0.25) is 14.4 Å². The number of piperazine rings is 1. The van der Waals surface area contributed by atoms with E-state index in [2.05, 4.69) is 38.5 Å². The van der Waals surface area contributed by atoms with Crippen molar-refractivity contribution < 1.29 is 23.9 Å². The average molecular weight is 528 g/mol. The minimum Gasteiger partial charge on any atom is -0.489 e. The number of carbonyl (C=O) groups is 3. The van der Waals surface area contributed by atoms with E-state index in [0.717, 1.165) is 43.9 Å². The number of amides is 2. The number of benzene rings is 1. The van der Waals surface area contributed by atoms with Crippen LogP contribution in [0, 0.1) is 11.8 Å². The lowest BCUT2D eigenvalue weighted by atomic mass is 9.82. The summed E-state index contributed by atoms with van der Waals surface area (Å²) in [5.74, 6) is 0.741. The number of esters is 1. The minimum absolute atomic E-state index is 0.00197. The third-order valence-electron chi connectivity index (χ3n) is 7.74. The van der Waals surface area contributed by atoms with Crippen molar-refractivity contribution in [1.29, 1.82) is 0 Å². The Morgan fingerprint density at radius 1 is 1.13 bits per heavy atom. The standard InChI is InChI=1S/C28H41N5O5/c1-31(11-8-28(36)37-2)26(34)17-21-7-12-33-20-22(21)4-3-15-38-25-6-5-24(32-13-9-29-10-14-32)16-23(25)18-30-19-27(33)35/h3-6,16,21-22,29-30H,7-15,17-20H2,1-2H3/b4-3+/t21-,22-/m0/s1. The first-order valence-electron chi connectivity index (χ1n) is 13.6. The average Bonchev–Trinajstić information content (AvgIpc) is 2.95. The number of carbonyl (C=O) groups excluding carboxylic acids is 3. The van der Waals surface area contributed by atoms with E-state index in [1.165, 1.54) is 12.8 Å². The molecule has 2 bridgehead atoms. The van der Waals surface area contributed by atoms with Gasteiger partial charge in [0, 0.05) is 77.1 Å². The fourth-order valence-electron chi connectivity index (χ4n) is 5.34. The van der Waals surface area contributed by atoms with E-state index in [9.17, 15) is 14.4 Å². The van der Waals surface area contributed by atoms with Gasteiger partial charge in [-0.25, -0.2) is 0 Å². The molecule has 1 aromatic rings. The van der Waals surface area contributed by atoms with Crippen LogP contribution in [-0.4, -0.2) is 101 Å². The van der Waals surface area contributed by atoms with Gasteiger partial charge in [-0.15, -0.1) is 0 Å². The molecule has 0 aliphatic carbocycles. The van der Waals surface area contributed by atoms with Gasteiger partial charge >= 0.3 is 5.97 Å². The van der Waals surface area contributed by atoms with Crippen LogP contribution in [0.3, 0.4) is 0 Å². The van der Waals surface area contributed by atoms with Crippen LogP contribution in [0.25, 0.3) is 0 Å². The van der Waals surface area contributed by atoms with Crippen molar-refractivity contribution in [3.63, 3.8) is 0 Å². The number of nitrogens with zero attached hydrogens (tertiary/aromatic N) is 3. The molecule has 10 nitrogen and oxygen atoms in total. The van der Waals surface area contributed by atoms with Crippen molar-refractivity contribution in [2.45, 2.75) is 25.8 Å². The highest BCUT2D eigenvalue weighted by atomic mass is 16.5. The van der Waals surface area contributed by atoms with Crippen molar-refractivity contribution in [2.75, 3.05) is 78.0 Å². The van der Waals surface area contributed by atoms with Gasteiger partial charge in [0.2, 0.25) is 11.8 Å². The Morgan fingerprint density at radius 3 is 2.74 bits per heavy atom. The van der Waals surface area contributed by atoms with E-state index >= 15 is 0 Å². The maximum atomic E-state index is 13.0. The van der Waals surface area contributed by atoms with Gasteiger partial charge in [0.1, 0.15) is 12.4 Å². The largest absolute Gasteiger partial charge is 0.489 e. The number of ether oxygens (including phenoxy) is 2. The van der Waals surface area contributed by atoms with Gasteiger partial charge in [-0.1, -0.05) is 12.2 Å². The first-order chi connectivity index (χ1) is 18.4. The molecule has 38 heavy (non-hydrogen) atoms. The van der Waals surface area contributed by atoms with E-state index < -0.39 is 0 Å². The number of rotatable bonds is 6. The van der Waals surface area contributed by atoms with Gasteiger partial charge in [0.05, 0.1) is 20.1 Å². The van der Waals surface area contributed by atoms with Crippen LogP contribution in [-0.2, 0) is 25.7 Å². The monoisotopic (exact) mass is 527 g/mol. The number of hydrogen-bond donors (Lipinski definition) is 2. The summed E-state index contributed by atoms with van der Waals surface area (Å²) in [6.45, 7) is 6.66. The van der Waals surface area contributed by atoms with E-state index in [4.69, 9.17) is 4.74 Å². The molecule has 3 aliphatic heterocycles. The fourth-order valence-corrected chi connectivity index (χ4v) is 5.34. The molecule has 0 unspecified atom stereocenters. The Labute approximate surface area is 225 Å². The lowest BCUT2D eigenvalue weighted by Crippen LogP contribution is -2.47. The molecule has 2 atom stereocenters. The number of piperidine rings is 1. The predicted molar refractivity (Wildman–Crippen MR) is 145 cm³/mol. The second-order valence-corrected chi connectivity index (χ2v) is 10.3. The molecule has 2 N–H and O–H groups in total. The maximum absolute atomic E-state index is 13.0. The van der Waals surface area contributed by atoms with Gasteiger partial charge in [0.25, 0.3) is 0 Å². The SMILES string of the molecule is COC(=O)CCN(C)C(=O)C[C@@H]1CCN2C[C@@H]1/C=C/COc1ccc(N3CCNCC3)cc1CNCC2=O. The molecule has 0 radical (unpaired) electrons. The number of anilines is 1. The smallest absolute Gasteiger partial charge is 0.307 e. The molecule has 10 heteroatoms. The molecule has 4 rings (SSSR count). The van der Waals surface area contributed by atoms with Crippen LogP contribution < -0.4 is 20.3 Å². The lowest BCUT2D eigenvalue weighted by Gasteiger charge is -2.37. The van der Waals surface area contributed by atoms with Gasteiger partial charge in [-0.2, -0.15) is 0 Å². The zero-order chi connectivity index (χ0) is 26.9. The Hall–Kier alpha value is -3.11. The summed E-state index contributed by atoms with van der Waals surface area (Å²) in [4.78, 5) is 43.2. The van der Waals surface area contributed by atoms with Crippen LogP contribution in [0.1, 0.15) is 24.8 Å². The Kier molecular flexibility index (Phi) is 10.0. The van der Waals surface area contributed by atoms with Crippen molar-refractivity contribution in [1.82, 2.24) is 20.4 Å². The van der Waals surface area contributed by atoms with Gasteiger partial charge < -0.3 is 34.8 Å². The van der Waals surface area contributed by atoms with Crippen LogP contribution >= 0.6 is 0 Å². The summed E-state index contributed by atoms with van der Waals surface area (Å²) in [7, 11) is 3.06. The topological polar surface area (TPSA) is 103 Å². The number of fused-ring (bicyclic) bond motifs is 3. The zero-order valence-electron chi connectivity index (χ0n) is 22.6. The van der Waals surface area contributed by atoms with E-state index in [1.54, 1.807) is 11.9 Å². The molecule has 3 aliphatic rings. The van der Waals surface area contributed by atoms with Crippen molar-refractivity contribution >= 4 is 23.5 Å². The Bertz CT molecular complexity index is 1010. The molecule has 1 aromatic carbocycles. The first-order valence-corrected chi connectivity index (χ1v) is 13.6. The van der Waals surface area contributed by atoms with Crippen LogP contribution in [0.5, 0.6) is 5.75 Å². The summed E-state index contributed by atoms with van der Waals surface area (Å²) in [6.07, 6.45) is 5.43. The highest BCUT2D eigenvalue weighted by Crippen LogP contribution is 2.30. The highest BCUT2D eigenvalue weighted by molar-refractivity contribution is 5.79. The second-order valence-electron chi connectivity index (χ2n) is 10.3. The summed E-state index contributed by atoms with van der Waals surface area (Å²) >= 11 is 0. The van der Waals surface area contributed by atoms with Crippen molar-refractivity contribution in [3.8, 4) is 5.75 Å². The molecule has 208 valence electrons. The summed E-state index contributed by atoms with van der Waals surface area (Å²) in [6, 6.07) is 6.30. The molecule has 2 amide bonds.